The Morgan fingerprint density at radius 3 is 1.89 bits per heavy atom. The quantitative estimate of drug-likeness (QED) is 0.744. The maximum absolute atomic E-state index is 2.76. The first-order valence-corrected chi connectivity index (χ1v) is 7.69. The molecule has 3 heteroatoms. The van der Waals surface area contributed by atoms with Gasteiger partial charge < -0.3 is 4.90 Å². The number of piperazine rings is 1. The van der Waals surface area contributed by atoms with E-state index >= 15 is 0 Å². The SMILES string of the molecule is CC(C)N1CCC(N2C[C@@H](C)N(C)[C@@H](C)C2)CC1. The summed E-state index contributed by atoms with van der Waals surface area (Å²) in [5.74, 6) is 0. The van der Waals surface area contributed by atoms with Crippen molar-refractivity contribution in [3.8, 4) is 0 Å². The van der Waals surface area contributed by atoms with Gasteiger partial charge in [0.1, 0.15) is 0 Å². The molecule has 0 bridgehead atoms. The fraction of sp³-hybridized carbons (Fsp3) is 1.00. The molecular weight excluding hydrogens is 222 g/mol. The van der Waals surface area contributed by atoms with Gasteiger partial charge in [0.05, 0.1) is 0 Å². The van der Waals surface area contributed by atoms with Crippen molar-refractivity contribution >= 4 is 0 Å². The van der Waals surface area contributed by atoms with Gasteiger partial charge in [-0.15, -0.1) is 0 Å². The van der Waals surface area contributed by atoms with Gasteiger partial charge in [0, 0.05) is 37.3 Å². The highest BCUT2D eigenvalue weighted by atomic mass is 15.3. The van der Waals surface area contributed by atoms with Crippen molar-refractivity contribution in [3.05, 3.63) is 0 Å². The number of rotatable bonds is 2. The molecule has 2 saturated heterocycles. The van der Waals surface area contributed by atoms with Gasteiger partial charge in [0.25, 0.3) is 0 Å². The molecule has 18 heavy (non-hydrogen) atoms. The molecule has 2 aliphatic heterocycles. The van der Waals surface area contributed by atoms with Gasteiger partial charge in [-0.25, -0.2) is 0 Å². The molecule has 0 aliphatic carbocycles. The predicted octanol–water partition coefficient (Wildman–Crippen LogP) is 1.88. The lowest BCUT2D eigenvalue weighted by Crippen LogP contribution is -2.59. The van der Waals surface area contributed by atoms with E-state index in [9.17, 15) is 0 Å². The van der Waals surface area contributed by atoms with Crippen LogP contribution in [0, 0.1) is 0 Å². The van der Waals surface area contributed by atoms with E-state index in [4.69, 9.17) is 0 Å². The molecular formula is C15H31N3. The molecule has 0 aromatic heterocycles. The van der Waals surface area contributed by atoms with Gasteiger partial charge in [-0.1, -0.05) is 0 Å². The first kappa shape index (κ1) is 14.3. The van der Waals surface area contributed by atoms with Crippen LogP contribution < -0.4 is 0 Å². The van der Waals surface area contributed by atoms with Crippen LogP contribution in [0.4, 0.5) is 0 Å². The molecule has 0 amide bonds. The van der Waals surface area contributed by atoms with E-state index in [0.717, 1.165) is 12.1 Å². The van der Waals surface area contributed by atoms with Gasteiger partial charge in [-0.05, 0) is 60.7 Å². The molecule has 0 spiro atoms. The molecule has 3 nitrogen and oxygen atoms in total. The normalized spacial score (nSPS) is 34.3. The highest BCUT2D eigenvalue weighted by molar-refractivity contribution is 4.89. The molecule has 2 aliphatic rings. The van der Waals surface area contributed by atoms with Crippen LogP contribution in [0.15, 0.2) is 0 Å². The van der Waals surface area contributed by atoms with Gasteiger partial charge in [-0.3, -0.25) is 9.80 Å². The van der Waals surface area contributed by atoms with Gasteiger partial charge in [0.2, 0.25) is 0 Å². The second kappa shape index (κ2) is 5.89. The van der Waals surface area contributed by atoms with Crippen molar-refractivity contribution in [3.63, 3.8) is 0 Å². The molecule has 0 aromatic rings. The molecule has 0 unspecified atom stereocenters. The van der Waals surface area contributed by atoms with Crippen LogP contribution in [0.5, 0.6) is 0 Å². The Morgan fingerprint density at radius 1 is 0.944 bits per heavy atom. The standard InChI is InChI=1S/C15H31N3/c1-12(2)17-8-6-15(7-9-17)18-10-13(3)16(5)14(4)11-18/h12-15H,6-11H2,1-5H3/t13-,14+. The Labute approximate surface area is 113 Å². The highest BCUT2D eigenvalue weighted by Crippen LogP contribution is 2.23. The summed E-state index contributed by atoms with van der Waals surface area (Å²) in [4.78, 5) is 7.91. The number of piperidine rings is 1. The summed E-state index contributed by atoms with van der Waals surface area (Å²) in [6.07, 6.45) is 2.72. The zero-order chi connectivity index (χ0) is 13.3. The van der Waals surface area contributed by atoms with E-state index < -0.39 is 0 Å². The molecule has 0 aromatic carbocycles. The predicted molar refractivity (Wildman–Crippen MR) is 78.0 cm³/mol. The lowest BCUT2D eigenvalue weighted by Gasteiger charge is -2.48. The van der Waals surface area contributed by atoms with Gasteiger partial charge in [0.15, 0.2) is 0 Å². The minimum atomic E-state index is 0.705. The molecule has 0 saturated carbocycles. The van der Waals surface area contributed by atoms with Crippen molar-refractivity contribution in [1.82, 2.24) is 14.7 Å². The van der Waals surface area contributed by atoms with Gasteiger partial charge in [-0.2, -0.15) is 0 Å². The van der Waals surface area contributed by atoms with Crippen molar-refractivity contribution in [2.24, 2.45) is 0 Å². The fourth-order valence-electron chi connectivity index (χ4n) is 3.51. The Balaban J connectivity index is 1.86. The lowest BCUT2D eigenvalue weighted by atomic mass is 9.98. The first-order chi connectivity index (χ1) is 8.49. The van der Waals surface area contributed by atoms with E-state index in [1.807, 2.05) is 0 Å². The number of likely N-dealkylation sites (tertiary alicyclic amines) is 1. The maximum atomic E-state index is 2.76. The zero-order valence-corrected chi connectivity index (χ0v) is 12.9. The summed E-state index contributed by atoms with van der Waals surface area (Å²) in [5, 5.41) is 0. The molecule has 0 N–H and O–H groups in total. The zero-order valence-electron chi connectivity index (χ0n) is 12.9. The average molecular weight is 253 g/mol. The largest absolute Gasteiger partial charge is 0.301 e. The third-order valence-corrected chi connectivity index (χ3v) is 5.13. The summed E-state index contributed by atoms with van der Waals surface area (Å²) in [7, 11) is 2.27. The fourth-order valence-corrected chi connectivity index (χ4v) is 3.51. The summed E-state index contributed by atoms with van der Waals surface area (Å²) < 4.78 is 0. The minimum absolute atomic E-state index is 0.705. The van der Waals surface area contributed by atoms with E-state index in [2.05, 4.69) is 49.4 Å². The van der Waals surface area contributed by atoms with Crippen LogP contribution >= 0.6 is 0 Å². The van der Waals surface area contributed by atoms with E-state index in [1.54, 1.807) is 0 Å². The van der Waals surface area contributed by atoms with Crippen LogP contribution in [-0.2, 0) is 0 Å². The summed E-state index contributed by atoms with van der Waals surface area (Å²) in [5.41, 5.74) is 0. The molecule has 2 fully saturated rings. The average Bonchev–Trinajstić information content (AvgIpc) is 2.35. The van der Waals surface area contributed by atoms with Crippen LogP contribution in [0.1, 0.15) is 40.5 Å². The molecule has 2 heterocycles. The van der Waals surface area contributed by atoms with E-state index in [-0.39, 0.29) is 0 Å². The number of nitrogens with zero attached hydrogens (tertiary/aromatic N) is 3. The Morgan fingerprint density at radius 2 is 1.44 bits per heavy atom. The van der Waals surface area contributed by atoms with E-state index in [1.165, 1.54) is 39.0 Å². The van der Waals surface area contributed by atoms with Crippen molar-refractivity contribution < 1.29 is 0 Å². The summed E-state index contributed by atoms with van der Waals surface area (Å²) in [6, 6.07) is 2.96. The summed E-state index contributed by atoms with van der Waals surface area (Å²) in [6.45, 7) is 14.5. The third-order valence-electron chi connectivity index (χ3n) is 5.13. The Hall–Kier alpha value is -0.120. The monoisotopic (exact) mass is 253 g/mol. The van der Waals surface area contributed by atoms with Gasteiger partial charge >= 0.3 is 0 Å². The summed E-state index contributed by atoms with van der Waals surface area (Å²) >= 11 is 0. The molecule has 106 valence electrons. The second-order valence-corrected chi connectivity index (χ2v) is 6.68. The second-order valence-electron chi connectivity index (χ2n) is 6.68. The smallest absolute Gasteiger partial charge is 0.0195 e. The minimum Gasteiger partial charge on any atom is -0.301 e. The van der Waals surface area contributed by atoms with Crippen molar-refractivity contribution in [2.45, 2.75) is 64.7 Å². The molecule has 2 atom stereocenters. The van der Waals surface area contributed by atoms with Crippen molar-refractivity contribution in [1.29, 1.82) is 0 Å². The Bertz CT molecular complexity index is 246. The van der Waals surface area contributed by atoms with Crippen LogP contribution in [0.3, 0.4) is 0 Å². The topological polar surface area (TPSA) is 9.72 Å². The number of hydrogen-bond acceptors (Lipinski definition) is 3. The molecule has 2 rings (SSSR count). The van der Waals surface area contributed by atoms with E-state index in [0.29, 0.717) is 12.1 Å². The number of hydrogen-bond donors (Lipinski definition) is 0. The lowest BCUT2D eigenvalue weighted by molar-refractivity contribution is 0.00968. The van der Waals surface area contributed by atoms with Crippen LogP contribution in [0.25, 0.3) is 0 Å². The number of likely N-dealkylation sites (N-methyl/N-ethyl adjacent to an activating group) is 1. The molecule has 0 radical (unpaired) electrons. The first-order valence-electron chi connectivity index (χ1n) is 7.69. The Kier molecular flexibility index (Phi) is 4.68. The highest BCUT2D eigenvalue weighted by Gasteiger charge is 2.32. The maximum Gasteiger partial charge on any atom is 0.0195 e. The van der Waals surface area contributed by atoms with Crippen LogP contribution in [-0.4, -0.2) is 72.1 Å². The van der Waals surface area contributed by atoms with Crippen molar-refractivity contribution in [2.75, 3.05) is 33.2 Å². The van der Waals surface area contributed by atoms with Crippen LogP contribution in [0.2, 0.25) is 0 Å². The third kappa shape index (κ3) is 3.06.